The molecule has 3 rings (SSSR count). The van der Waals surface area contributed by atoms with Crippen LogP contribution in [0.25, 0.3) is 0 Å². The highest BCUT2D eigenvalue weighted by atomic mass is 31.2. The first-order valence-electron chi connectivity index (χ1n) is 19.8. The van der Waals surface area contributed by atoms with Gasteiger partial charge in [-0.15, -0.1) is 0 Å². The zero-order chi connectivity index (χ0) is 39.9. The van der Waals surface area contributed by atoms with Crippen molar-refractivity contribution in [1.82, 2.24) is 0 Å². The molecule has 0 saturated heterocycles. The van der Waals surface area contributed by atoms with E-state index in [2.05, 4.69) is 34.6 Å². The molecule has 0 fully saturated rings. The van der Waals surface area contributed by atoms with Crippen molar-refractivity contribution in [3.8, 4) is 0 Å². The fraction of sp³-hybridized carbons (Fsp3) is 0.532. The molecule has 6 heteroatoms. The smallest absolute Gasteiger partial charge is 0.248 e. The van der Waals surface area contributed by atoms with Gasteiger partial charge in [0.1, 0.15) is 5.78 Å². The maximum atomic E-state index is 15.6. The molecule has 3 aromatic carbocycles. The molecule has 0 spiro atoms. The Hall–Kier alpha value is -3.43. The highest BCUT2D eigenvalue weighted by Gasteiger charge is 2.46. The number of carbonyl (C=O) groups excluding carboxylic acids is 4. The molecule has 1 atom stereocenters. The van der Waals surface area contributed by atoms with Gasteiger partial charge in [-0.25, -0.2) is 0 Å². The van der Waals surface area contributed by atoms with Crippen LogP contribution in [-0.4, -0.2) is 22.6 Å². The van der Waals surface area contributed by atoms with Gasteiger partial charge in [0.25, 0.3) is 0 Å². The predicted molar refractivity (Wildman–Crippen MR) is 222 cm³/mol. The third-order valence-electron chi connectivity index (χ3n) is 11.4. The number of Topliss-reactive ketones (excluding diaryl/α,β-unsaturated/α-hetero) is 2. The molecule has 0 saturated carbocycles. The minimum Gasteiger partial charge on any atom is -0.302 e. The van der Waals surface area contributed by atoms with E-state index in [4.69, 9.17) is 0 Å². The zero-order valence-electron chi connectivity index (χ0n) is 34.8. The number of rotatable bonds is 20. The molecule has 288 valence electrons. The van der Waals surface area contributed by atoms with E-state index >= 15 is 14.2 Å². The van der Waals surface area contributed by atoms with Crippen LogP contribution in [0.3, 0.4) is 0 Å². The third kappa shape index (κ3) is 9.63. The normalized spacial score (nSPS) is 13.1. The van der Waals surface area contributed by atoms with E-state index in [9.17, 15) is 9.59 Å². The Balaban J connectivity index is 2.07. The van der Waals surface area contributed by atoms with Gasteiger partial charge in [-0.1, -0.05) is 116 Å². The molecule has 0 aliphatic rings. The van der Waals surface area contributed by atoms with Crippen molar-refractivity contribution in [3.63, 3.8) is 0 Å². The first-order chi connectivity index (χ1) is 24.8. The van der Waals surface area contributed by atoms with E-state index in [1.165, 1.54) is 0 Å². The molecule has 1 unspecified atom stereocenters. The molecule has 0 aliphatic carbocycles. The molecule has 3 aromatic rings. The molecule has 0 bridgehead atoms. The summed E-state index contributed by atoms with van der Waals surface area (Å²) in [6.45, 7) is 23.9. The number of hydrogen-bond acceptors (Lipinski definition) is 5. The van der Waals surface area contributed by atoms with Crippen LogP contribution in [0, 0.1) is 47.0 Å². The average Bonchev–Trinajstić information content (AvgIpc) is 3.08. The van der Waals surface area contributed by atoms with Crippen molar-refractivity contribution in [2.45, 2.75) is 159 Å². The summed E-state index contributed by atoms with van der Waals surface area (Å²) in [6, 6.07) is 12.2. The van der Waals surface area contributed by atoms with Crippen LogP contribution in [0.4, 0.5) is 0 Å². The quantitative estimate of drug-likeness (QED) is 0.0654. The fourth-order valence-electron chi connectivity index (χ4n) is 8.51. The van der Waals surface area contributed by atoms with Gasteiger partial charge < -0.3 is 4.57 Å². The van der Waals surface area contributed by atoms with Crippen LogP contribution >= 0.6 is 7.14 Å². The van der Waals surface area contributed by atoms with Crippen molar-refractivity contribution in [1.29, 1.82) is 0 Å². The lowest BCUT2D eigenvalue weighted by molar-refractivity contribution is -0.127. The predicted octanol–water partition coefficient (Wildman–Crippen LogP) is 12.6. The molecular weight excluding hydrogens is 675 g/mol. The van der Waals surface area contributed by atoms with Gasteiger partial charge in [0.05, 0.1) is 0 Å². The fourth-order valence-corrected chi connectivity index (χ4v) is 11.1. The van der Waals surface area contributed by atoms with Crippen LogP contribution < -0.4 is 5.30 Å². The molecular formula is C47H65O5P. The van der Waals surface area contributed by atoms with Crippen LogP contribution in [0.2, 0.25) is 0 Å². The van der Waals surface area contributed by atoms with Gasteiger partial charge in [0.15, 0.2) is 5.78 Å². The van der Waals surface area contributed by atoms with E-state index in [1.54, 1.807) is 50.2 Å². The second-order valence-electron chi connectivity index (χ2n) is 16.7. The van der Waals surface area contributed by atoms with Gasteiger partial charge in [-0.3, -0.25) is 19.2 Å². The van der Waals surface area contributed by atoms with Crippen molar-refractivity contribution in [3.05, 3.63) is 98.1 Å². The molecule has 0 N–H and O–H groups in total. The minimum atomic E-state index is -4.47. The summed E-state index contributed by atoms with van der Waals surface area (Å²) in [5.41, 5.74) is 4.33. The molecule has 0 aromatic heterocycles. The molecule has 0 radical (unpaired) electrons. The van der Waals surface area contributed by atoms with E-state index < -0.39 is 18.2 Å². The largest absolute Gasteiger partial charge is 0.302 e. The van der Waals surface area contributed by atoms with E-state index in [0.717, 1.165) is 67.2 Å². The van der Waals surface area contributed by atoms with Crippen molar-refractivity contribution >= 4 is 35.1 Å². The summed E-state index contributed by atoms with van der Waals surface area (Å²) in [5, 5.41) is 0.190. The first-order valence-corrected chi connectivity index (χ1v) is 21.5. The SMILES string of the molecule is CCCCCC(C)(C)C(=O)CCCCC(=O)c1c(C)cc(C)c(C(=O)P(=O)(C(=O)c2c(C)cc(C)c(C(C)(C)CCCC)c2C)c2ccccc2)c1C. The Labute approximate surface area is 320 Å². The third-order valence-corrected chi connectivity index (χ3v) is 14.0. The van der Waals surface area contributed by atoms with E-state index in [0.29, 0.717) is 47.1 Å². The molecule has 0 amide bonds. The Bertz CT molecular complexity index is 1880. The van der Waals surface area contributed by atoms with Gasteiger partial charge in [0, 0.05) is 40.3 Å². The Kier molecular flexibility index (Phi) is 15.2. The maximum Gasteiger partial charge on any atom is 0.248 e. The van der Waals surface area contributed by atoms with Crippen molar-refractivity contribution in [2.75, 3.05) is 0 Å². The van der Waals surface area contributed by atoms with E-state index in [-0.39, 0.29) is 39.7 Å². The Morgan fingerprint density at radius 1 is 0.585 bits per heavy atom. The maximum absolute atomic E-state index is 15.6. The van der Waals surface area contributed by atoms with Gasteiger partial charge >= 0.3 is 0 Å². The Morgan fingerprint density at radius 2 is 1.09 bits per heavy atom. The number of hydrogen-bond donors (Lipinski definition) is 0. The summed E-state index contributed by atoms with van der Waals surface area (Å²) in [4.78, 5) is 56.9. The second-order valence-corrected chi connectivity index (χ2v) is 19.3. The number of carbonyl (C=O) groups is 4. The zero-order valence-corrected chi connectivity index (χ0v) is 35.7. The van der Waals surface area contributed by atoms with Gasteiger partial charge in [0.2, 0.25) is 18.2 Å². The second kappa shape index (κ2) is 18.3. The molecule has 0 heterocycles. The monoisotopic (exact) mass is 740 g/mol. The van der Waals surface area contributed by atoms with Crippen LogP contribution in [0.1, 0.15) is 182 Å². The summed E-state index contributed by atoms with van der Waals surface area (Å²) < 4.78 is 15.6. The standard InChI is InChI=1S/C47H65O5P/c1-13-15-22-28-46(9,10)39(49)26-21-20-25-38(48)40-31(3)29-32(4)41(35(40)7)44(50)53(52,37-23-18-17-19-24-37)45(51)42-33(5)30-34(6)43(36(42)8)47(11,12)27-16-14-2/h17-19,23-24,29-30H,13-16,20-22,25-28H2,1-12H3. The highest BCUT2D eigenvalue weighted by molar-refractivity contribution is 8.01. The lowest BCUT2D eigenvalue weighted by atomic mass is 9.74. The topological polar surface area (TPSA) is 85.3 Å². The number of benzene rings is 3. The molecule has 5 nitrogen and oxygen atoms in total. The molecule has 53 heavy (non-hydrogen) atoms. The summed E-state index contributed by atoms with van der Waals surface area (Å²) in [5.74, 6) is 0.113. The number of ketones is 2. The van der Waals surface area contributed by atoms with Crippen LogP contribution in [0.15, 0.2) is 42.5 Å². The summed E-state index contributed by atoms with van der Waals surface area (Å²) in [6.07, 6.45) is 8.97. The van der Waals surface area contributed by atoms with E-state index in [1.807, 2.05) is 40.7 Å². The lowest BCUT2D eigenvalue weighted by Gasteiger charge is -2.31. The first kappa shape index (κ1) is 44.0. The lowest BCUT2D eigenvalue weighted by Crippen LogP contribution is -2.26. The number of aryl methyl sites for hydroxylation is 4. The van der Waals surface area contributed by atoms with Gasteiger partial charge in [-0.05, 0) is 112 Å². The minimum absolute atomic E-state index is 0.117. The Morgan fingerprint density at radius 3 is 1.66 bits per heavy atom. The summed E-state index contributed by atoms with van der Waals surface area (Å²) >= 11 is 0. The van der Waals surface area contributed by atoms with Crippen LogP contribution in [0.5, 0.6) is 0 Å². The van der Waals surface area contributed by atoms with Crippen molar-refractivity contribution < 1.29 is 23.7 Å². The number of unbranched alkanes of at least 4 members (excludes halogenated alkanes) is 4. The average molecular weight is 741 g/mol. The summed E-state index contributed by atoms with van der Waals surface area (Å²) in [7, 11) is -4.47. The van der Waals surface area contributed by atoms with Crippen LogP contribution in [-0.2, 0) is 14.8 Å². The van der Waals surface area contributed by atoms with Gasteiger partial charge in [-0.2, -0.15) is 0 Å². The van der Waals surface area contributed by atoms with Crippen molar-refractivity contribution in [2.24, 2.45) is 5.41 Å². The highest BCUT2D eigenvalue weighted by Crippen LogP contribution is 2.54. The molecule has 0 aliphatic heterocycles.